The summed E-state index contributed by atoms with van der Waals surface area (Å²) in [7, 11) is 5.28. The predicted molar refractivity (Wildman–Crippen MR) is 131 cm³/mol. The van der Waals surface area contributed by atoms with Crippen LogP contribution in [0.4, 0.5) is 5.82 Å². The second kappa shape index (κ2) is 9.51. The van der Waals surface area contributed by atoms with E-state index >= 15 is 0 Å². The van der Waals surface area contributed by atoms with Crippen molar-refractivity contribution in [2.75, 3.05) is 45.4 Å². The zero-order valence-corrected chi connectivity index (χ0v) is 20.0. The number of anilines is 1. The van der Waals surface area contributed by atoms with E-state index in [9.17, 15) is 5.26 Å². The number of morpholine rings is 1. The van der Waals surface area contributed by atoms with Gasteiger partial charge in [-0.1, -0.05) is 12.6 Å². The van der Waals surface area contributed by atoms with Crippen molar-refractivity contribution in [1.82, 2.24) is 19.5 Å². The van der Waals surface area contributed by atoms with Crippen LogP contribution < -0.4 is 14.4 Å². The van der Waals surface area contributed by atoms with Crippen molar-refractivity contribution in [1.29, 1.82) is 5.26 Å². The lowest BCUT2D eigenvalue weighted by atomic mass is 9.42. The van der Waals surface area contributed by atoms with Crippen LogP contribution in [0, 0.1) is 11.2 Å². The molecule has 34 heavy (non-hydrogen) atoms. The van der Waals surface area contributed by atoms with Gasteiger partial charge in [0, 0.05) is 37.6 Å². The van der Waals surface area contributed by atoms with Gasteiger partial charge < -0.3 is 23.7 Å². The fourth-order valence-corrected chi connectivity index (χ4v) is 5.01. The number of nitrogens with zero attached hydrogens (tertiary/aromatic N) is 6. The third kappa shape index (κ3) is 4.05. The van der Waals surface area contributed by atoms with Crippen molar-refractivity contribution in [2.24, 2.45) is 7.05 Å². The fourth-order valence-electron chi connectivity index (χ4n) is 5.01. The maximum Gasteiger partial charge on any atom is 0.267 e. The second-order valence-electron chi connectivity index (χ2n) is 8.92. The smallest absolute Gasteiger partial charge is 0.267 e. The molecule has 0 bridgehead atoms. The van der Waals surface area contributed by atoms with Crippen LogP contribution in [0.5, 0.6) is 11.5 Å². The number of benzene rings is 1. The third-order valence-electron chi connectivity index (χ3n) is 6.96. The molecule has 2 aliphatic rings. The molecule has 0 saturated carbocycles. The Bertz CT molecular complexity index is 1230. The molecule has 2 saturated heterocycles. The number of aryl methyl sites for hydroxylation is 1. The summed E-state index contributed by atoms with van der Waals surface area (Å²) < 4.78 is 18.6. The molecule has 0 aliphatic carbocycles. The van der Waals surface area contributed by atoms with Gasteiger partial charge in [0.05, 0.1) is 27.4 Å². The summed E-state index contributed by atoms with van der Waals surface area (Å²) in [6.45, 7) is 3.00. The number of fused-ring (bicyclic) bond motifs is 1. The van der Waals surface area contributed by atoms with Crippen LogP contribution in [0.25, 0.3) is 22.6 Å². The number of aromatic nitrogens is 4. The van der Waals surface area contributed by atoms with Crippen LogP contribution >= 0.6 is 0 Å². The van der Waals surface area contributed by atoms with Gasteiger partial charge in [-0.3, -0.25) is 0 Å². The molecule has 0 amide bonds. The largest absolute Gasteiger partial charge is 0.493 e. The van der Waals surface area contributed by atoms with Crippen LogP contribution in [0.15, 0.2) is 18.2 Å². The monoisotopic (exact) mass is 460 g/mol. The van der Waals surface area contributed by atoms with E-state index in [1.165, 1.54) is 0 Å². The Labute approximate surface area is 199 Å². The number of methoxy groups -OCH3 is 2. The molecule has 10 heteroatoms. The molecule has 9 nitrogen and oxygen atoms in total. The second-order valence-corrected chi connectivity index (χ2v) is 8.92. The summed E-state index contributed by atoms with van der Waals surface area (Å²) in [6.07, 6.45) is 3.78. The van der Waals surface area contributed by atoms with Gasteiger partial charge >= 0.3 is 0 Å². The van der Waals surface area contributed by atoms with Crippen LogP contribution in [-0.4, -0.2) is 66.8 Å². The van der Waals surface area contributed by atoms with Crippen molar-refractivity contribution < 1.29 is 14.2 Å². The first-order valence-corrected chi connectivity index (χ1v) is 11.8. The highest BCUT2D eigenvalue weighted by Gasteiger charge is 2.30. The first-order valence-electron chi connectivity index (χ1n) is 11.8. The van der Waals surface area contributed by atoms with E-state index in [0.717, 1.165) is 66.9 Å². The van der Waals surface area contributed by atoms with E-state index in [2.05, 4.69) is 15.4 Å². The molecule has 0 unspecified atom stereocenters. The summed E-state index contributed by atoms with van der Waals surface area (Å²) in [5, 5.41) is 9.28. The number of hydrogen-bond acceptors (Lipinski definition) is 8. The average molecular weight is 460 g/mol. The molecule has 0 N–H and O–H groups in total. The molecule has 2 fully saturated rings. The molecule has 0 spiro atoms. The zero-order valence-electron chi connectivity index (χ0n) is 20.0. The van der Waals surface area contributed by atoms with E-state index < -0.39 is 0 Å². The molecule has 2 aliphatic heterocycles. The van der Waals surface area contributed by atoms with Crippen LogP contribution in [0.1, 0.15) is 24.6 Å². The quantitative estimate of drug-likeness (QED) is 0.535. The number of hydrogen-bond donors (Lipinski definition) is 0. The minimum Gasteiger partial charge on any atom is -0.493 e. The fraction of sp³-hybridized carbons (Fsp3) is 0.500. The minimum atomic E-state index is 0.159. The van der Waals surface area contributed by atoms with Crippen molar-refractivity contribution in [3.63, 3.8) is 0 Å². The summed E-state index contributed by atoms with van der Waals surface area (Å²) >= 11 is 0. The molecule has 1 aromatic carbocycles. The lowest BCUT2D eigenvalue weighted by Gasteiger charge is -2.28. The molecular weight excluding hydrogens is 431 g/mol. The van der Waals surface area contributed by atoms with E-state index in [0.29, 0.717) is 36.5 Å². The highest BCUT2D eigenvalue weighted by atomic mass is 16.5. The Kier molecular flexibility index (Phi) is 6.29. The Morgan fingerprint density at radius 1 is 1.06 bits per heavy atom. The summed E-state index contributed by atoms with van der Waals surface area (Å²) in [4.78, 5) is 17.3. The van der Waals surface area contributed by atoms with Crippen molar-refractivity contribution in [3.8, 4) is 28.9 Å². The number of rotatable bonds is 5. The van der Waals surface area contributed by atoms with Gasteiger partial charge in [0.25, 0.3) is 6.71 Å². The topological polar surface area (TPSA) is 98.3 Å². The van der Waals surface area contributed by atoms with Gasteiger partial charge in [-0.05, 0) is 31.0 Å². The lowest BCUT2D eigenvalue weighted by molar-refractivity contribution is 0.122. The van der Waals surface area contributed by atoms with E-state index in [1.54, 1.807) is 14.2 Å². The van der Waals surface area contributed by atoms with E-state index in [1.807, 2.05) is 25.2 Å². The summed E-state index contributed by atoms with van der Waals surface area (Å²) in [5.41, 5.74) is 2.50. The van der Waals surface area contributed by atoms with Gasteiger partial charge in [0.15, 0.2) is 34.3 Å². The summed E-state index contributed by atoms with van der Waals surface area (Å²) in [5.74, 6) is 6.54. The Morgan fingerprint density at radius 3 is 2.47 bits per heavy atom. The minimum absolute atomic E-state index is 0.159. The maximum atomic E-state index is 9.28. The van der Waals surface area contributed by atoms with Gasteiger partial charge in [-0.2, -0.15) is 0 Å². The number of ether oxygens (including phenoxy) is 3. The molecule has 2 aromatic heterocycles. The van der Waals surface area contributed by atoms with E-state index in [4.69, 9.17) is 29.2 Å². The van der Waals surface area contributed by atoms with Crippen molar-refractivity contribution in [2.45, 2.75) is 31.4 Å². The zero-order chi connectivity index (χ0) is 23.7. The summed E-state index contributed by atoms with van der Waals surface area (Å²) in [6, 6.07) is 5.73. The standard InChI is InChI=1S/C24H29BN6O3/c1-30-22(16-6-8-25(15-26)9-7-16)27-20-23(30)28-21(29-24(20)31-10-12-34-13-11-31)17-4-5-18(32-2)19(14-17)33-3/h4-5,14,16H,6-13H2,1-3H3. The first-order chi connectivity index (χ1) is 16.6. The molecule has 176 valence electrons. The number of nitriles is 1. The van der Waals surface area contributed by atoms with E-state index in [-0.39, 0.29) is 6.71 Å². The van der Waals surface area contributed by atoms with Crippen LogP contribution in [0.3, 0.4) is 0 Å². The van der Waals surface area contributed by atoms with Gasteiger partial charge in [0.2, 0.25) is 0 Å². The highest BCUT2D eigenvalue weighted by molar-refractivity contribution is 6.67. The first kappa shape index (κ1) is 22.5. The molecule has 0 atom stereocenters. The molecule has 0 radical (unpaired) electrons. The normalized spacial score (nSPS) is 17.1. The Morgan fingerprint density at radius 2 is 1.79 bits per heavy atom. The van der Waals surface area contributed by atoms with Crippen LogP contribution in [-0.2, 0) is 11.8 Å². The van der Waals surface area contributed by atoms with Gasteiger partial charge in [-0.25, -0.2) is 20.2 Å². The average Bonchev–Trinajstić information content (AvgIpc) is 3.24. The molecular formula is C24H29BN6O3. The molecule has 3 aromatic rings. The predicted octanol–water partition coefficient (Wildman–Crippen LogP) is 3.32. The molecule has 4 heterocycles. The SMILES string of the molecule is COc1ccc(-c2nc(N3CCOCC3)c3nc(C4CCB(C#N)CC4)n(C)c3n2)cc1OC. The maximum absolute atomic E-state index is 9.28. The number of imidazole rings is 1. The van der Waals surface area contributed by atoms with Gasteiger partial charge in [-0.15, -0.1) is 0 Å². The Hall–Kier alpha value is -3.32. The van der Waals surface area contributed by atoms with Crippen molar-refractivity contribution in [3.05, 3.63) is 24.0 Å². The Balaban J connectivity index is 1.62. The van der Waals surface area contributed by atoms with Crippen molar-refractivity contribution >= 4 is 23.7 Å². The highest BCUT2D eigenvalue weighted by Crippen LogP contribution is 2.37. The lowest BCUT2D eigenvalue weighted by Crippen LogP contribution is -2.37. The van der Waals surface area contributed by atoms with Crippen LogP contribution in [0.2, 0.25) is 12.6 Å². The third-order valence-corrected chi connectivity index (χ3v) is 6.96. The molecule has 5 rings (SSSR count). The van der Waals surface area contributed by atoms with Gasteiger partial charge in [0.1, 0.15) is 5.82 Å².